The Bertz CT molecular complexity index is 277. The molecule has 1 rings (SSSR count). The maximum atomic E-state index is 12.1. The summed E-state index contributed by atoms with van der Waals surface area (Å²) in [4.78, 5) is 13.4. The number of hydrogen-bond acceptors (Lipinski definition) is 3. The Morgan fingerprint density at radius 2 is 2.12 bits per heavy atom. The highest BCUT2D eigenvalue weighted by Gasteiger charge is 2.38. The van der Waals surface area contributed by atoms with E-state index in [9.17, 15) is 9.18 Å². The van der Waals surface area contributed by atoms with Crippen LogP contribution in [0.15, 0.2) is 0 Å². The molecule has 4 nitrogen and oxygen atoms in total. The second-order valence-electron chi connectivity index (χ2n) is 5.64. The molecule has 0 aliphatic carbocycles. The molecule has 1 amide bonds. The summed E-state index contributed by atoms with van der Waals surface area (Å²) >= 11 is 0. The number of rotatable bonds is 3. The zero-order valence-electron chi connectivity index (χ0n) is 11.1. The SMILES string of the molecule is CC(C)(C)OC(=O)N1CCC(C)(OCCF)C1. The lowest BCUT2D eigenvalue weighted by Gasteiger charge is -2.27. The number of carbonyl (C=O) groups excluding carboxylic acids is 1. The number of alkyl halides is 1. The first-order chi connectivity index (χ1) is 7.76. The van der Waals surface area contributed by atoms with E-state index in [1.807, 2.05) is 27.7 Å². The fraction of sp³-hybridized carbons (Fsp3) is 0.917. The van der Waals surface area contributed by atoms with Gasteiger partial charge in [0.15, 0.2) is 0 Å². The summed E-state index contributed by atoms with van der Waals surface area (Å²) in [5, 5.41) is 0. The van der Waals surface area contributed by atoms with Crippen molar-refractivity contribution in [2.75, 3.05) is 26.4 Å². The van der Waals surface area contributed by atoms with Gasteiger partial charge < -0.3 is 14.4 Å². The summed E-state index contributed by atoms with van der Waals surface area (Å²) < 4.78 is 22.8. The van der Waals surface area contributed by atoms with E-state index in [4.69, 9.17) is 9.47 Å². The quantitative estimate of drug-likeness (QED) is 0.768. The normalized spacial score (nSPS) is 25.1. The fourth-order valence-corrected chi connectivity index (χ4v) is 1.82. The van der Waals surface area contributed by atoms with Gasteiger partial charge in [0.2, 0.25) is 0 Å². The molecule has 1 fully saturated rings. The summed E-state index contributed by atoms with van der Waals surface area (Å²) in [7, 11) is 0. The average Bonchev–Trinajstić information content (AvgIpc) is 2.56. The van der Waals surface area contributed by atoms with Crippen molar-refractivity contribution in [2.24, 2.45) is 0 Å². The van der Waals surface area contributed by atoms with Gasteiger partial charge in [-0.15, -0.1) is 0 Å². The first kappa shape index (κ1) is 14.2. The summed E-state index contributed by atoms with van der Waals surface area (Å²) in [5.41, 5.74) is -0.932. The van der Waals surface area contributed by atoms with E-state index >= 15 is 0 Å². The van der Waals surface area contributed by atoms with Gasteiger partial charge in [-0.3, -0.25) is 0 Å². The average molecular weight is 247 g/mol. The molecule has 17 heavy (non-hydrogen) atoms. The molecule has 1 aliphatic heterocycles. The van der Waals surface area contributed by atoms with Crippen LogP contribution in [-0.4, -0.2) is 48.6 Å². The van der Waals surface area contributed by atoms with Crippen molar-refractivity contribution in [3.05, 3.63) is 0 Å². The molecule has 1 unspecified atom stereocenters. The minimum Gasteiger partial charge on any atom is -0.444 e. The third-order valence-electron chi connectivity index (χ3n) is 2.62. The highest BCUT2D eigenvalue weighted by atomic mass is 19.1. The van der Waals surface area contributed by atoms with Crippen LogP contribution in [0.25, 0.3) is 0 Å². The molecule has 5 heteroatoms. The predicted molar refractivity (Wildman–Crippen MR) is 62.8 cm³/mol. The molecule has 0 bridgehead atoms. The topological polar surface area (TPSA) is 38.8 Å². The van der Waals surface area contributed by atoms with E-state index in [1.165, 1.54) is 0 Å². The van der Waals surface area contributed by atoms with Crippen molar-refractivity contribution in [3.63, 3.8) is 0 Å². The molecule has 1 heterocycles. The highest BCUT2D eigenvalue weighted by Crippen LogP contribution is 2.26. The van der Waals surface area contributed by atoms with Crippen LogP contribution in [0.1, 0.15) is 34.1 Å². The Hall–Kier alpha value is -0.840. The zero-order valence-corrected chi connectivity index (χ0v) is 11.1. The van der Waals surface area contributed by atoms with Gasteiger partial charge in [-0.25, -0.2) is 9.18 Å². The second kappa shape index (κ2) is 5.21. The smallest absolute Gasteiger partial charge is 0.410 e. The molecule has 0 aromatic carbocycles. The monoisotopic (exact) mass is 247 g/mol. The molecule has 0 aromatic rings. The van der Waals surface area contributed by atoms with Crippen molar-refractivity contribution in [2.45, 2.75) is 45.3 Å². The van der Waals surface area contributed by atoms with Gasteiger partial charge in [0.05, 0.1) is 18.8 Å². The number of amides is 1. The van der Waals surface area contributed by atoms with Crippen molar-refractivity contribution in [3.8, 4) is 0 Å². The lowest BCUT2D eigenvalue weighted by atomic mass is 10.1. The van der Waals surface area contributed by atoms with E-state index in [0.717, 1.165) is 0 Å². The van der Waals surface area contributed by atoms with Crippen molar-refractivity contribution >= 4 is 6.09 Å². The van der Waals surface area contributed by atoms with Gasteiger partial charge in [0.25, 0.3) is 0 Å². The predicted octanol–water partition coefficient (Wildman–Crippen LogP) is 2.37. The van der Waals surface area contributed by atoms with Gasteiger partial charge in [-0.05, 0) is 34.1 Å². The number of carbonyl (C=O) groups is 1. The number of halogens is 1. The lowest BCUT2D eigenvalue weighted by molar-refractivity contribution is -0.0317. The largest absolute Gasteiger partial charge is 0.444 e. The van der Waals surface area contributed by atoms with E-state index < -0.39 is 17.9 Å². The molecule has 0 N–H and O–H groups in total. The van der Waals surface area contributed by atoms with E-state index in [0.29, 0.717) is 19.5 Å². The third-order valence-corrected chi connectivity index (χ3v) is 2.62. The van der Waals surface area contributed by atoms with Crippen LogP contribution in [0.3, 0.4) is 0 Å². The highest BCUT2D eigenvalue weighted by molar-refractivity contribution is 5.68. The number of likely N-dealkylation sites (tertiary alicyclic amines) is 1. The van der Waals surface area contributed by atoms with Crippen LogP contribution in [-0.2, 0) is 9.47 Å². The molecule has 1 atom stereocenters. The van der Waals surface area contributed by atoms with Crippen LogP contribution >= 0.6 is 0 Å². The van der Waals surface area contributed by atoms with E-state index in [-0.39, 0.29) is 12.7 Å². The Balaban J connectivity index is 2.47. The van der Waals surface area contributed by atoms with E-state index in [2.05, 4.69) is 0 Å². The third kappa shape index (κ3) is 4.50. The van der Waals surface area contributed by atoms with Crippen LogP contribution in [0.4, 0.5) is 9.18 Å². The van der Waals surface area contributed by atoms with Gasteiger partial charge in [0, 0.05) is 6.54 Å². The summed E-state index contributed by atoms with van der Waals surface area (Å²) in [6, 6.07) is 0. The summed E-state index contributed by atoms with van der Waals surface area (Å²) in [6.07, 6.45) is 0.386. The van der Waals surface area contributed by atoms with Crippen molar-refractivity contribution < 1.29 is 18.7 Å². The number of ether oxygens (including phenoxy) is 2. The summed E-state index contributed by atoms with van der Waals surface area (Å²) in [6.45, 7) is 8.03. The molecule has 1 aliphatic rings. The lowest BCUT2D eigenvalue weighted by Crippen LogP contribution is -2.39. The van der Waals surface area contributed by atoms with Gasteiger partial charge in [-0.1, -0.05) is 0 Å². The molecule has 0 saturated carbocycles. The molecule has 1 saturated heterocycles. The molecule has 0 radical (unpaired) electrons. The molecule has 0 spiro atoms. The maximum Gasteiger partial charge on any atom is 0.410 e. The van der Waals surface area contributed by atoms with E-state index in [1.54, 1.807) is 4.90 Å². The van der Waals surface area contributed by atoms with Crippen LogP contribution in [0.2, 0.25) is 0 Å². The van der Waals surface area contributed by atoms with Crippen molar-refractivity contribution in [1.29, 1.82) is 0 Å². The second-order valence-corrected chi connectivity index (χ2v) is 5.64. The minimum absolute atomic E-state index is 0.0820. The fourth-order valence-electron chi connectivity index (χ4n) is 1.82. The zero-order chi connectivity index (χ0) is 13.1. The van der Waals surface area contributed by atoms with Gasteiger partial charge in [0.1, 0.15) is 12.3 Å². The standard InChI is InChI=1S/C12H22FNO3/c1-11(2,3)17-10(15)14-7-5-12(4,9-14)16-8-6-13/h5-9H2,1-4H3. The molecular formula is C12H22FNO3. The minimum atomic E-state index is -0.498. The van der Waals surface area contributed by atoms with Gasteiger partial charge >= 0.3 is 6.09 Å². The number of nitrogens with zero attached hydrogens (tertiary/aromatic N) is 1. The Kier molecular flexibility index (Phi) is 4.36. The molecular weight excluding hydrogens is 225 g/mol. The Morgan fingerprint density at radius 1 is 1.47 bits per heavy atom. The molecule has 100 valence electrons. The van der Waals surface area contributed by atoms with Gasteiger partial charge in [-0.2, -0.15) is 0 Å². The summed E-state index contributed by atoms with van der Waals surface area (Å²) in [5.74, 6) is 0. The molecule has 0 aromatic heterocycles. The van der Waals surface area contributed by atoms with Crippen LogP contribution in [0, 0.1) is 0 Å². The first-order valence-electron chi connectivity index (χ1n) is 5.94. The van der Waals surface area contributed by atoms with Crippen LogP contribution < -0.4 is 0 Å². The Morgan fingerprint density at radius 3 is 2.65 bits per heavy atom. The van der Waals surface area contributed by atoms with Crippen molar-refractivity contribution in [1.82, 2.24) is 4.90 Å². The first-order valence-corrected chi connectivity index (χ1v) is 5.94. The maximum absolute atomic E-state index is 12.1. The Labute approximate surface area is 102 Å². The van der Waals surface area contributed by atoms with Crippen LogP contribution in [0.5, 0.6) is 0 Å². The number of hydrogen-bond donors (Lipinski definition) is 0.